The van der Waals surface area contributed by atoms with Crippen molar-refractivity contribution in [2.75, 3.05) is 0 Å². The summed E-state index contributed by atoms with van der Waals surface area (Å²) >= 11 is 0. The smallest absolute Gasteiger partial charge is 0.195 e. The van der Waals surface area contributed by atoms with Gasteiger partial charge in [-0.15, -0.1) is 3.89 Å². The van der Waals surface area contributed by atoms with E-state index >= 15 is 0 Å². The van der Waals surface area contributed by atoms with Crippen molar-refractivity contribution in [1.82, 2.24) is 0 Å². The lowest BCUT2D eigenvalue weighted by Gasteiger charge is -1.82. The third-order valence-electron chi connectivity index (χ3n) is 1.40. The van der Waals surface area contributed by atoms with Crippen molar-refractivity contribution in [3.8, 4) is 0 Å². The van der Waals surface area contributed by atoms with Crippen molar-refractivity contribution >= 4 is 10.2 Å². The normalized spacial score (nSPS) is 37.2. The molecule has 1 saturated carbocycles. The molecule has 2 atom stereocenters. The molecule has 0 aromatic rings. The zero-order chi connectivity index (χ0) is 6.36. The van der Waals surface area contributed by atoms with Gasteiger partial charge in [0.05, 0.1) is 5.25 Å². The van der Waals surface area contributed by atoms with Gasteiger partial charge in [-0.05, 0) is 12.3 Å². The minimum absolute atomic E-state index is 0.0463. The quantitative estimate of drug-likeness (QED) is 0.500. The Kier molecular flexibility index (Phi) is 1.08. The molecule has 1 aliphatic rings. The maximum atomic E-state index is 11.8. The molecule has 0 unspecified atom stereocenters. The highest BCUT2D eigenvalue weighted by atomic mass is 32.3. The largest absolute Gasteiger partial charge is 0.305 e. The van der Waals surface area contributed by atoms with Gasteiger partial charge in [0.2, 0.25) is 0 Å². The van der Waals surface area contributed by atoms with Crippen LogP contribution in [0.25, 0.3) is 0 Å². The van der Waals surface area contributed by atoms with E-state index in [2.05, 4.69) is 0 Å². The van der Waals surface area contributed by atoms with E-state index in [1.807, 2.05) is 0 Å². The summed E-state index contributed by atoms with van der Waals surface area (Å²) in [7, 11) is -4.18. The van der Waals surface area contributed by atoms with Crippen molar-refractivity contribution in [2.45, 2.75) is 18.6 Å². The van der Waals surface area contributed by atoms with E-state index in [1.54, 1.807) is 6.92 Å². The zero-order valence-corrected chi connectivity index (χ0v) is 5.28. The van der Waals surface area contributed by atoms with Crippen LogP contribution in [0.3, 0.4) is 0 Å². The summed E-state index contributed by atoms with van der Waals surface area (Å²) in [5.41, 5.74) is 0. The fourth-order valence-electron chi connectivity index (χ4n) is 0.680. The van der Waals surface area contributed by atoms with Gasteiger partial charge in [0.25, 0.3) is 0 Å². The Morgan fingerprint density at radius 2 is 2.00 bits per heavy atom. The standard InChI is InChI=1S/C4H7FO2S/c1-3-2-4(3)8(5,6)7/h3-4H,2H2,1H3/t3-,4-/m1/s1. The van der Waals surface area contributed by atoms with Gasteiger partial charge < -0.3 is 0 Å². The molecule has 48 valence electrons. The number of hydrogen-bond donors (Lipinski definition) is 0. The van der Waals surface area contributed by atoms with Gasteiger partial charge in [-0.1, -0.05) is 6.92 Å². The summed E-state index contributed by atoms with van der Waals surface area (Å²) in [6.07, 6.45) is 0.499. The van der Waals surface area contributed by atoms with Crippen LogP contribution in [0.4, 0.5) is 3.89 Å². The average molecular weight is 138 g/mol. The molecule has 0 aromatic carbocycles. The number of halogens is 1. The molecule has 0 radical (unpaired) electrons. The lowest BCUT2D eigenvalue weighted by molar-refractivity contribution is 0.548. The van der Waals surface area contributed by atoms with E-state index in [4.69, 9.17) is 0 Å². The van der Waals surface area contributed by atoms with Gasteiger partial charge in [-0.2, -0.15) is 8.42 Å². The molecule has 4 heteroatoms. The maximum absolute atomic E-state index is 11.8. The van der Waals surface area contributed by atoms with E-state index < -0.39 is 15.5 Å². The number of rotatable bonds is 1. The molecule has 0 aromatic heterocycles. The first kappa shape index (κ1) is 6.01. The third kappa shape index (κ3) is 0.992. The summed E-state index contributed by atoms with van der Waals surface area (Å²) in [5.74, 6) is 0.0463. The van der Waals surface area contributed by atoms with Gasteiger partial charge >= 0.3 is 10.2 Å². The molecular weight excluding hydrogens is 131 g/mol. The Morgan fingerprint density at radius 3 is 2.00 bits per heavy atom. The van der Waals surface area contributed by atoms with Crippen LogP contribution >= 0.6 is 0 Å². The molecule has 0 bridgehead atoms. The van der Waals surface area contributed by atoms with Gasteiger partial charge in [-0.25, -0.2) is 0 Å². The first-order chi connectivity index (χ1) is 3.52. The van der Waals surface area contributed by atoms with Crippen LogP contribution < -0.4 is 0 Å². The highest BCUT2D eigenvalue weighted by Crippen LogP contribution is 2.37. The van der Waals surface area contributed by atoms with Crippen molar-refractivity contribution in [3.63, 3.8) is 0 Å². The molecule has 0 saturated heterocycles. The van der Waals surface area contributed by atoms with E-state index in [-0.39, 0.29) is 5.92 Å². The second kappa shape index (κ2) is 1.43. The Hall–Kier alpha value is -0.120. The van der Waals surface area contributed by atoms with Crippen LogP contribution in [0.2, 0.25) is 0 Å². The van der Waals surface area contributed by atoms with Crippen LogP contribution in [0.15, 0.2) is 0 Å². The Morgan fingerprint density at radius 1 is 1.62 bits per heavy atom. The van der Waals surface area contributed by atoms with Crippen molar-refractivity contribution in [1.29, 1.82) is 0 Å². The molecule has 1 aliphatic carbocycles. The minimum atomic E-state index is -4.18. The number of hydrogen-bond acceptors (Lipinski definition) is 2. The van der Waals surface area contributed by atoms with Crippen molar-refractivity contribution in [2.24, 2.45) is 5.92 Å². The molecule has 1 fully saturated rings. The van der Waals surface area contributed by atoms with Crippen LogP contribution in [-0.4, -0.2) is 13.7 Å². The van der Waals surface area contributed by atoms with Crippen LogP contribution in [0.1, 0.15) is 13.3 Å². The Labute approximate surface area is 47.9 Å². The summed E-state index contributed by atoms with van der Waals surface area (Å²) in [6, 6.07) is 0. The maximum Gasteiger partial charge on any atom is 0.305 e. The molecule has 0 heterocycles. The molecule has 8 heavy (non-hydrogen) atoms. The lowest BCUT2D eigenvalue weighted by Crippen LogP contribution is -1.98. The Balaban J connectivity index is 2.66. The zero-order valence-electron chi connectivity index (χ0n) is 4.46. The lowest BCUT2D eigenvalue weighted by atomic mass is 10.5. The van der Waals surface area contributed by atoms with Crippen LogP contribution in [-0.2, 0) is 10.2 Å². The topological polar surface area (TPSA) is 34.1 Å². The third-order valence-corrected chi connectivity index (χ3v) is 2.78. The van der Waals surface area contributed by atoms with Crippen molar-refractivity contribution in [3.05, 3.63) is 0 Å². The highest BCUT2D eigenvalue weighted by Gasteiger charge is 2.44. The SMILES string of the molecule is C[C@@H]1C[C@H]1S(=O)(=O)F. The highest BCUT2D eigenvalue weighted by molar-refractivity contribution is 7.87. The van der Waals surface area contributed by atoms with Crippen molar-refractivity contribution < 1.29 is 12.3 Å². The van der Waals surface area contributed by atoms with Gasteiger partial charge in [0.15, 0.2) is 0 Å². The first-order valence-electron chi connectivity index (χ1n) is 2.45. The summed E-state index contributed by atoms with van der Waals surface area (Å²) in [5, 5.41) is -0.678. The van der Waals surface area contributed by atoms with Gasteiger partial charge in [0.1, 0.15) is 0 Å². The van der Waals surface area contributed by atoms with Crippen LogP contribution in [0, 0.1) is 5.92 Å². The van der Waals surface area contributed by atoms with Gasteiger partial charge in [0, 0.05) is 0 Å². The average Bonchev–Trinajstić information content (AvgIpc) is 2.13. The molecule has 0 N–H and O–H groups in total. The van der Waals surface area contributed by atoms with E-state index in [0.29, 0.717) is 6.42 Å². The fraction of sp³-hybridized carbons (Fsp3) is 1.00. The minimum Gasteiger partial charge on any atom is -0.195 e. The van der Waals surface area contributed by atoms with Gasteiger partial charge in [-0.3, -0.25) is 0 Å². The second-order valence-electron chi connectivity index (χ2n) is 2.23. The summed E-state index contributed by atoms with van der Waals surface area (Å²) in [4.78, 5) is 0. The molecule has 0 spiro atoms. The fourth-order valence-corrected chi connectivity index (χ4v) is 1.77. The molecule has 0 aliphatic heterocycles. The van der Waals surface area contributed by atoms with E-state index in [1.165, 1.54) is 0 Å². The molecular formula is C4H7FO2S. The predicted molar refractivity (Wildman–Crippen MR) is 27.6 cm³/mol. The summed E-state index contributed by atoms with van der Waals surface area (Å²) < 4.78 is 31.7. The van der Waals surface area contributed by atoms with E-state index in [0.717, 1.165) is 0 Å². The van der Waals surface area contributed by atoms with Crippen LogP contribution in [0.5, 0.6) is 0 Å². The monoisotopic (exact) mass is 138 g/mol. The second-order valence-corrected chi connectivity index (χ2v) is 3.78. The Bertz CT molecular complexity index is 184. The summed E-state index contributed by atoms with van der Waals surface area (Å²) in [6.45, 7) is 1.72. The molecule has 0 amide bonds. The molecule has 2 nitrogen and oxygen atoms in total. The van der Waals surface area contributed by atoms with E-state index in [9.17, 15) is 12.3 Å². The molecule has 1 rings (SSSR count). The first-order valence-corrected chi connectivity index (χ1v) is 3.90. The predicted octanol–water partition coefficient (Wildman–Crippen LogP) is 0.694.